The molecule has 5 nitrogen and oxygen atoms in total. The van der Waals surface area contributed by atoms with Crippen LogP contribution >= 0.6 is 0 Å². The molecule has 0 atom stereocenters. The van der Waals surface area contributed by atoms with Gasteiger partial charge in [-0.15, -0.1) is 0 Å². The van der Waals surface area contributed by atoms with Gasteiger partial charge in [-0.3, -0.25) is 9.59 Å². The molecular formula is C45H86F3NO4. The summed E-state index contributed by atoms with van der Waals surface area (Å²) in [5.74, 6) is -0.146. The number of carbonyl (C=O) groups is 2. The second-order valence-corrected chi connectivity index (χ2v) is 15.8. The number of hydrogen-bond donors (Lipinski definition) is 0. The van der Waals surface area contributed by atoms with Crippen molar-refractivity contribution in [3.8, 4) is 0 Å². The van der Waals surface area contributed by atoms with E-state index < -0.39 is 12.6 Å². The molecule has 0 aliphatic carbocycles. The number of carbonyl (C=O) groups excluding carboxylic acids is 2. The highest BCUT2D eigenvalue weighted by atomic mass is 19.4. The first-order chi connectivity index (χ1) is 25.7. The zero-order valence-electron chi connectivity index (χ0n) is 35.2. The minimum atomic E-state index is -4.11. The Hall–Kier alpha value is -1.31. The molecule has 53 heavy (non-hydrogen) atoms. The van der Waals surface area contributed by atoms with Crippen LogP contribution < -0.4 is 0 Å². The predicted octanol–water partition coefficient (Wildman–Crippen LogP) is 14.6. The van der Waals surface area contributed by atoms with Gasteiger partial charge in [0.15, 0.2) is 0 Å². The SMILES string of the molecule is CCCCCCCCOC(=O)CCCCCCCN(CCCCCCCC(=O)OC(CCCCCCCC)CCCCCCCC)CCCC(F)(F)F. The summed E-state index contributed by atoms with van der Waals surface area (Å²) in [6, 6.07) is 0. The van der Waals surface area contributed by atoms with Gasteiger partial charge in [0.1, 0.15) is 6.10 Å². The van der Waals surface area contributed by atoms with Crippen molar-refractivity contribution in [2.75, 3.05) is 26.2 Å². The van der Waals surface area contributed by atoms with Gasteiger partial charge in [0.2, 0.25) is 0 Å². The zero-order chi connectivity index (χ0) is 39.1. The lowest BCUT2D eigenvalue weighted by Gasteiger charge is -2.22. The fourth-order valence-corrected chi connectivity index (χ4v) is 7.06. The molecule has 0 aromatic heterocycles. The molecular weight excluding hydrogens is 675 g/mol. The van der Waals surface area contributed by atoms with E-state index in [9.17, 15) is 22.8 Å². The van der Waals surface area contributed by atoms with E-state index in [1.165, 1.54) is 89.9 Å². The van der Waals surface area contributed by atoms with E-state index in [0.717, 1.165) is 116 Å². The molecule has 0 aromatic rings. The van der Waals surface area contributed by atoms with Crippen LogP contribution in [0.15, 0.2) is 0 Å². The summed E-state index contributed by atoms with van der Waals surface area (Å²) < 4.78 is 49.8. The predicted molar refractivity (Wildman–Crippen MR) is 217 cm³/mol. The maximum atomic E-state index is 12.8. The van der Waals surface area contributed by atoms with Crippen LogP contribution in [0.4, 0.5) is 13.2 Å². The lowest BCUT2D eigenvalue weighted by Crippen LogP contribution is -2.28. The van der Waals surface area contributed by atoms with Crippen molar-refractivity contribution in [1.29, 1.82) is 0 Å². The molecule has 0 unspecified atom stereocenters. The van der Waals surface area contributed by atoms with Crippen LogP contribution in [0.2, 0.25) is 0 Å². The first-order valence-corrected chi connectivity index (χ1v) is 22.9. The van der Waals surface area contributed by atoms with Crippen molar-refractivity contribution < 1.29 is 32.2 Å². The van der Waals surface area contributed by atoms with Crippen LogP contribution in [-0.2, 0) is 19.1 Å². The molecule has 0 heterocycles. The fraction of sp³-hybridized carbons (Fsp3) is 0.956. The molecule has 0 rings (SSSR count). The van der Waals surface area contributed by atoms with Gasteiger partial charge in [0.25, 0.3) is 0 Å². The summed E-state index contributed by atoms with van der Waals surface area (Å²) in [4.78, 5) is 26.9. The Morgan fingerprint density at radius 3 is 1.32 bits per heavy atom. The third-order valence-electron chi connectivity index (χ3n) is 10.5. The van der Waals surface area contributed by atoms with E-state index in [2.05, 4.69) is 25.7 Å². The smallest absolute Gasteiger partial charge is 0.389 e. The molecule has 316 valence electrons. The van der Waals surface area contributed by atoms with Crippen molar-refractivity contribution >= 4 is 11.9 Å². The number of nitrogens with zero attached hydrogens (tertiary/aromatic N) is 1. The molecule has 0 aliphatic heterocycles. The molecule has 0 N–H and O–H groups in total. The number of hydrogen-bond acceptors (Lipinski definition) is 5. The average Bonchev–Trinajstić information content (AvgIpc) is 3.12. The Kier molecular flexibility index (Phi) is 38.0. The first kappa shape index (κ1) is 51.7. The monoisotopic (exact) mass is 762 g/mol. The fourth-order valence-electron chi connectivity index (χ4n) is 7.06. The van der Waals surface area contributed by atoms with Gasteiger partial charge < -0.3 is 14.4 Å². The minimum Gasteiger partial charge on any atom is -0.466 e. The van der Waals surface area contributed by atoms with Gasteiger partial charge in [0.05, 0.1) is 6.61 Å². The third-order valence-corrected chi connectivity index (χ3v) is 10.5. The van der Waals surface area contributed by atoms with Crippen molar-refractivity contribution in [1.82, 2.24) is 4.90 Å². The summed E-state index contributed by atoms with van der Waals surface area (Å²) in [5.41, 5.74) is 0. The summed E-state index contributed by atoms with van der Waals surface area (Å²) in [6.45, 7) is 9.34. The highest BCUT2D eigenvalue weighted by Crippen LogP contribution is 2.22. The number of esters is 2. The van der Waals surface area contributed by atoms with Crippen molar-refractivity contribution in [2.24, 2.45) is 0 Å². The van der Waals surface area contributed by atoms with Crippen molar-refractivity contribution in [3.05, 3.63) is 0 Å². The maximum Gasteiger partial charge on any atom is 0.389 e. The van der Waals surface area contributed by atoms with Crippen LogP contribution in [0, 0.1) is 0 Å². The molecule has 8 heteroatoms. The van der Waals surface area contributed by atoms with Crippen LogP contribution in [0.5, 0.6) is 0 Å². The zero-order valence-corrected chi connectivity index (χ0v) is 35.2. The van der Waals surface area contributed by atoms with Crippen LogP contribution in [-0.4, -0.2) is 55.4 Å². The molecule has 0 fully saturated rings. The number of alkyl halides is 3. The lowest BCUT2D eigenvalue weighted by molar-refractivity contribution is -0.150. The quantitative estimate of drug-likeness (QED) is 0.0459. The van der Waals surface area contributed by atoms with E-state index in [1.807, 2.05) is 0 Å². The Bertz CT molecular complexity index is 778. The highest BCUT2D eigenvalue weighted by molar-refractivity contribution is 5.69. The summed E-state index contributed by atoms with van der Waals surface area (Å²) in [5, 5.41) is 0. The largest absolute Gasteiger partial charge is 0.466 e. The summed E-state index contributed by atoms with van der Waals surface area (Å²) in [6.07, 6.45) is 30.0. The lowest BCUT2D eigenvalue weighted by atomic mass is 10.0. The van der Waals surface area contributed by atoms with Crippen LogP contribution in [0.1, 0.15) is 239 Å². The van der Waals surface area contributed by atoms with Gasteiger partial charge in [-0.1, -0.05) is 156 Å². The van der Waals surface area contributed by atoms with Gasteiger partial charge in [-0.05, 0) is 83.8 Å². The number of rotatable bonds is 41. The second kappa shape index (κ2) is 38.9. The van der Waals surface area contributed by atoms with Crippen LogP contribution in [0.3, 0.4) is 0 Å². The van der Waals surface area contributed by atoms with Crippen LogP contribution in [0.25, 0.3) is 0 Å². The summed E-state index contributed by atoms with van der Waals surface area (Å²) >= 11 is 0. The number of unbranched alkanes of at least 4 members (excludes halogenated alkanes) is 23. The second-order valence-electron chi connectivity index (χ2n) is 15.8. The normalized spacial score (nSPS) is 11.9. The standard InChI is InChI=1S/C45H86F3NO4/c1-4-7-10-13-18-25-33-42(34-26-19-14-11-8-5-2)53-44(51)36-28-21-17-23-30-39-49(40-32-37-45(46,47)48)38-29-22-16-20-27-35-43(50)52-41-31-24-15-12-9-6-3/h42H,4-41H2,1-3H3. The molecule has 0 amide bonds. The van der Waals surface area contributed by atoms with Crippen molar-refractivity contribution in [2.45, 2.75) is 251 Å². The Morgan fingerprint density at radius 2 is 0.849 bits per heavy atom. The van der Waals surface area contributed by atoms with E-state index in [-0.39, 0.29) is 24.5 Å². The number of halogens is 3. The van der Waals surface area contributed by atoms with Crippen molar-refractivity contribution in [3.63, 3.8) is 0 Å². The third kappa shape index (κ3) is 40.2. The molecule has 0 saturated heterocycles. The van der Waals surface area contributed by atoms with E-state index in [4.69, 9.17) is 9.47 Å². The van der Waals surface area contributed by atoms with E-state index in [1.54, 1.807) is 0 Å². The maximum absolute atomic E-state index is 12.8. The van der Waals surface area contributed by atoms with Gasteiger partial charge in [0, 0.05) is 19.3 Å². The summed E-state index contributed by atoms with van der Waals surface area (Å²) in [7, 11) is 0. The Morgan fingerprint density at radius 1 is 0.472 bits per heavy atom. The van der Waals surface area contributed by atoms with Gasteiger partial charge in [-0.2, -0.15) is 13.2 Å². The molecule has 0 spiro atoms. The minimum absolute atomic E-state index is 0.0498. The number of ether oxygens (including phenoxy) is 2. The first-order valence-electron chi connectivity index (χ1n) is 22.9. The highest BCUT2D eigenvalue weighted by Gasteiger charge is 2.26. The van der Waals surface area contributed by atoms with Gasteiger partial charge in [-0.25, -0.2) is 0 Å². The molecule has 0 aromatic carbocycles. The Balaban J connectivity index is 4.26. The average molecular weight is 762 g/mol. The topological polar surface area (TPSA) is 55.8 Å². The van der Waals surface area contributed by atoms with Gasteiger partial charge >= 0.3 is 18.1 Å². The Labute approximate surface area is 326 Å². The molecule has 0 aliphatic rings. The molecule has 0 radical (unpaired) electrons. The molecule has 0 bridgehead atoms. The van der Waals surface area contributed by atoms with E-state index >= 15 is 0 Å². The van der Waals surface area contributed by atoms with E-state index in [0.29, 0.717) is 26.0 Å². The molecule has 0 saturated carbocycles.